The molecule has 2 aliphatic carbocycles. The van der Waals surface area contributed by atoms with Gasteiger partial charge in [0.15, 0.2) is 17.6 Å². The first-order valence-corrected chi connectivity index (χ1v) is 14.7. The maximum absolute atomic E-state index is 13.3. The zero-order chi connectivity index (χ0) is 23.9. The van der Waals surface area contributed by atoms with Crippen molar-refractivity contribution in [2.45, 2.75) is 94.2 Å². The van der Waals surface area contributed by atoms with E-state index in [1.165, 1.54) is 11.1 Å². The lowest BCUT2D eigenvalue weighted by molar-refractivity contribution is -0.162. The number of carbonyl (C=O) groups excluding carboxylic acids is 1. The topological polar surface area (TPSA) is 48.0 Å². The van der Waals surface area contributed by atoms with Gasteiger partial charge in [-0.05, 0) is 66.8 Å². The molecule has 1 aromatic rings. The Bertz CT molecular complexity index is 996. The van der Waals surface area contributed by atoms with E-state index in [4.69, 9.17) is 13.9 Å². The summed E-state index contributed by atoms with van der Waals surface area (Å²) in [6.45, 7) is 14.7. The second kappa shape index (κ2) is 7.43. The number of nitrogens with zero attached hydrogens (tertiary/aromatic N) is 1. The molecule has 2 bridgehead atoms. The van der Waals surface area contributed by atoms with E-state index in [0.29, 0.717) is 16.6 Å². The lowest BCUT2D eigenvalue weighted by atomic mass is 9.50. The Labute approximate surface area is 199 Å². The van der Waals surface area contributed by atoms with Crippen molar-refractivity contribution in [1.29, 1.82) is 0 Å². The molecular weight excluding hydrogens is 430 g/mol. The average Bonchev–Trinajstić information content (AvgIpc) is 3.12. The molecule has 2 heterocycles. The zero-order valence-electron chi connectivity index (χ0n) is 21.4. The third kappa shape index (κ3) is 2.63. The Morgan fingerprint density at radius 3 is 2.39 bits per heavy atom. The van der Waals surface area contributed by atoms with Crippen molar-refractivity contribution in [3.05, 3.63) is 35.4 Å². The highest BCUT2D eigenvalue weighted by Crippen LogP contribution is 2.65. The minimum Gasteiger partial charge on any atom is -0.540 e. The van der Waals surface area contributed by atoms with Gasteiger partial charge in [-0.1, -0.05) is 47.6 Å². The SMILES string of the molecule is CO[C@@]12C=CC(=O)[C@@H]3Oc4c(O[Si](C(C)C)(C(C)C)C(C)C)ccc5c4[C@@]31CCN(C)[C@@H]2C5. The van der Waals surface area contributed by atoms with Crippen LogP contribution in [0.3, 0.4) is 0 Å². The fraction of sp³-hybridized carbons (Fsp3) is 0.667. The van der Waals surface area contributed by atoms with Crippen LogP contribution in [-0.2, 0) is 21.4 Å². The lowest BCUT2D eigenvalue weighted by Gasteiger charge is -2.61. The van der Waals surface area contributed by atoms with Gasteiger partial charge in [0.25, 0.3) is 8.32 Å². The lowest BCUT2D eigenvalue weighted by Crippen LogP contribution is -2.75. The Kier molecular flexibility index (Phi) is 5.21. The summed E-state index contributed by atoms with van der Waals surface area (Å²) in [4.78, 5) is 15.7. The summed E-state index contributed by atoms with van der Waals surface area (Å²) in [6.07, 6.45) is 4.90. The molecule has 33 heavy (non-hydrogen) atoms. The molecule has 0 N–H and O–H groups in total. The van der Waals surface area contributed by atoms with Crippen molar-refractivity contribution in [2.24, 2.45) is 0 Å². The molecule has 0 saturated carbocycles. The minimum atomic E-state index is -2.19. The van der Waals surface area contributed by atoms with E-state index in [0.717, 1.165) is 30.9 Å². The number of ether oxygens (including phenoxy) is 2. The molecular formula is C27H39NO4Si. The molecule has 6 heteroatoms. The summed E-state index contributed by atoms with van der Waals surface area (Å²) in [6, 6.07) is 4.52. The molecule has 5 rings (SSSR count). The van der Waals surface area contributed by atoms with Gasteiger partial charge in [0.1, 0.15) is 11.4 Å². The summed E-state index contributed by atoms with van der Waals surface area (Å²) in [5.74, 6) is 1.68. The van der Waals surface area contributed by atoms with Crippen molar-refractivity contribution in [3.63, 3.8) is 0 Å². The van der Waals surface area contributed by atoms with E-state index in [2.05, 4.69) is 65.6 Å². The molecule has 5 nitrogen and oxygen atoms in total. The van der Waals surface area contributed by atoms with Crippen LogP contribution >= 0.6 is 0 Å². The molecule has 1 saturated heterocycles. The van der Waals surface area contributed by atoms with Crippen molar-refractivity contribution in [3.8, 4) is 11.5 Å². The van der Waals surface area contributed by atoms with Crippen LogP contribution in [-0.4, -0.2) is 57.4 Å². The number of likely N-dealkylation sites (tertiary alicyclic amines) is 1. The maximum atomic E-state index is 13.3. The molecule has 4 aliphatic rings. The third-order valence-electron chi connectivity index (χ3n) is 9.42. The summed E-state index contributed by atoms with van der Waals surface area (Å²) in [5, 5.41) is 0. The highest BCUT2D eigenvalue weighted by molar-refractivity contribution is 6.78. The standard InChI is InChI=1S/C27H39NO4Si/c1-16(2)33(17(3)4,18(5)6)32-21-10-9-19-15-22-27(30-8)12-11-20(29)25-26(27,13-14-28(22)7)23(19)24(21)31-25/h9-12,16-18,22,25H,13-15H2,1-8H3/t22-,25+,26+,27-/m1/s1. The summed E-state index contributed by atoms with van der Waals surface area (Å²) >= 11 is 0. The minimum absolute atomic E-state index is 0.0427. The number of hydrogen-bond acceptors (Lipinski definition) is 5. The smallest absolute Gasteiger partial charge is 0.258 e. The van der Waals surface area contributed by atoms with Gasteiger partial charge in [0.05, 0.1) is 5.41 Å². The molecule has 0 aromatic heterocycles. The van der Waals surface area contributed by atoms with Gasteiger partial charge in [-0.2, -0.15) is 0 Å². The second-order valence-electron chi connectivity index (χ2n) is 11.5. The molecule has 4 atom stereocenters. The number of piperidine rings is 1. The van der Waals surface area contributed by atoms with Gasteiger partial charge >= 0.3 is 0 Å². The van der Waals surface area contributed by atoms with E-state index in [9.17, 15) is 4.79 Å². The van der Waals surface area contributed by atoms with Crippen LogP contribution < -0.4 is 9.16 Å². The van der Waals surface area contributed by atoms with Gasteiger partial charge in [-0.25, -0.2) is 0 Å². The maximum Gasteiger partial charge on any atom is 0.258 e. The van der Waals surface area contributed by atoms with E-state index < -0.39 is 25.4 Å². The van der Waals surface area contributed by atoms with Gasteiger partial charge in [0, 0.05) is 18.7 Å². The molecule has 180 valence electrons. The van der Waals surface area contributed by atoms with E-state index in [-0.39, 0.29) is 11.8 Å². The summed E-state index contributed by atoms with van der Waals surface area (Å²) in [5.41, 5.74) is 2.75. The predicted octanol–water partition coefficient (Wildman–Crippen LogP) is 5.02. The second-order valence-corrected chi connectivity index (χ2v) is 16.9. The van der Waals surface area contributed by atoms with Crippen LogP contribution in [0.25, 0.3) is 0 Å². The first-order valence-electron chi connectivity index (χ1n) is 12.6. The number of benzene rings is 1. The van der Waals surface area contributed by atoms with Gasteiger partial charge in [-0.15, -0.1) is 0 Å². The number of carbonyl (C=O) groups is 1. The average molecular weight is 470 g/mol. The Morgan fingerprint density at radius 2 is 1.79 bits per heavy atom. The Morgan fingerprint density at radius 1 is 1.12 bits per heavy atom. The van der Waals surface area contributed by atoms with Crippen LogP contribution in [0.2, 0.25) is 16.6 Å². The normalized spacial score (nSPS) is 32.5. The number of hydrogen-bond donors (Lipinski definition) is 0. The van der Waals surface area contributed by atoms with Gasteiger partial charge in [0.2, 0.25) is 0 Å². The van der Waals surface area contributed by atoms with Crippen LogP contribution in [0.15, 0.2) is 24.3 Å². The van der Waals surface area contributed by atoms with Gasteiger partial charge in [-0.3, -0.25) is 9.69 Å². The highest BCUT2D eigenvalue weighted by atomic mass is 28.4. The molecule has 2 aliphatic heterocycles. The van der Waals surface area contributed by atoms with Crippen LogP contribution in [0.4, 0.5) is 0 Å². The highest BCUT2D eigenvalue weighted by Gasteiger charge is 2.72. The van der Waals surface area contributed by atoms with Crippen LogP contribution in [0.1, 0.15) is 59.1 Å². The number of likely N-dealkylation sites (N-methyl/N-ethyl adjacent to an activating group) is 1. The number of rotatable bonds is 6. The van der Waals surface area contributed by atoms with Crippen molar-refractivity contribution >= 4 is 14.1 Å². The van der Waals surface area contributed by atoms with Crippen molar-refractivity contribution in [2.75, 3.05) is 20.7 Å². The van der Waals surface area contributed by atoms with E-state index in [1.54, 1.807) is 13.2 Å². The Hall–Kier alpha value is -1.63. The van der Waals surface area contributed by atoms with E-state index in [1.807, 2.05) is 6.08 Å². The zero-order valence-corrected chi connectivity index (χ0v) is 22.4. The monoisotopic (exact) mass is 469 g/mol. The van der Waals surface area contributed by atoms with Crippen molar-refractivity contribution < 1.29 is 18.7 Å². The molecule has 0 amide bonds. The molecule has 1 spiro atoms. The van der Waals surface area contributed by atoms with Gasteiger partial charge < -0.3 is 13.9 Å². The first kappa shape index (κ1) is 23.1. The number of ketones is 1. The first-order chi connectivity index (χ1) is 15.6. The largest absolute Gasteiger partial charge is 0.540 e. The van der Waals surface area contributed by atoms with Crippen LogP contribution in [0, 0.1) is 0 Å². The fourth-order valence-corrected chi connectivity index (χ4v) is 13.3. The molecule has 0 unspecified atom stereocenters. The van der Waals surface area contributed by atoms with Crippen LogP contribution in [0.5, 0.6) is 11.5 Å². The Balaban J connectivity index is 1.73. The third-order valence-corrected chi connectivity index (χ3v) is 15.4. The quantitative estimate of drug-likeness (QED) is 0.547. The number of methoxy groups -OCH3 is 1. The van der Waals surface area contributed by atoms with Crippen molar-refractivity contribution in [1.82, 2.24) is 4.90 Å². The molecule has 1 fully saturated rings. The summed E-state index contributed by atoms with van der Waals surface area (Å²) in [7, 11) is 1.78. The van der Waals surface area contributed by atoms with E-state index >= 15 is 0 Å². The predicted molar refractivity (Wildman–Crippen MR) is 133 cm³/mol. The molecule has 1 aromatic carbocycles. The fourth-order valence-electron chi connectivity index (χ4n) is 8.10. The molecule has 0 radical (unpaired) electrons. The summed E-state index contributed by atoms with van der Waals surface area (Å²) < 4.78 is 20.2.